The van der Waals surface area contributed by atoms with Gasteiger partial charge in [0.25, 0.3) is 5.92 Å². The van der Waals surface area contributed by atoms with Crippen LogP contribution in [0, 0.1) is 6.92 Å². The first-order valence-electron chi connectivity index (χ1n) is 5.29. The van der Waals surface area contributed by atoms with Crippen LogP contribution in [0.15, 0.2) is 40.9 Å². The Hall–Kier alpha value is -1.22. The fourth-order valence-corrected chi connectivity index (χ4v) is 2.67. The summed E-state index contributed by atoms with van der Waals surface area (Å²) in [6.45, 7) is 1.83. The molecule has 3 heteroatoms. The van der Waals surface area contributed by atoms with Crippen molar-refractivity contribution in [1.82, 2.24) is 0 Å². The van der Waals surface area contributed by atoms with Crippen LogP contribution in [0.1, 0.15) is 16.7 Å². The minimum absolute atomic E-state index is 0.0903. The van der Waals surface area contributed by atoms with Gasteiger partial charge in [0.2, 0.25) is 0 Å². The van der Waals surface area contributed by atoms with Crippen molar-refractivity contribution < 1.29 is 8.78 Å². The maximum Gasteiger partial charge on any atom is 0.299 e. The van der Waals surface area contributed by atoms with Crippen molar-refractivity contribution >= 4 is 15.9 Å². The fraction of sp³-hybridized carbons (Fsp3) is 0.143. The number of alkyl halides is 2. The highest BCUT2D eigenvalue weighted by Gasteiger charge is 2.44. The summed E-state index contributed by atoms with van der Waals surface area (Å²) in [5.41, 5.74) is 2.34. The van der Waals surface area contributed by atoms with Crippen molar-refractivity contribution in [2.24, 2.45) is 0 Å². The zero-order valence-electron chi connectivity index (χ0n) is 9.10. The summed E-state index contributed by atoms with van der Waals surface area (Å²) in [6, 6.07) is 10.3. The van der Waals surface area contributed by atoms with Gasteiger partial charge >= 0.3 is 0 Å². The molecule has 1 aliphatic carbocycles. The molecule has 0 spiro atoms. The second kappa shape index (κ2) is 3.39. The third kappa shape index (κ3) is 1.45. The Kier molecular flexibility index (Phi) is 2.17. The van der Waals surface area contributed by atoms with Crippen LogP contribution in [0.4, 0.5) is 8.78 Å². The Morgan fingerprint density at radius 3 is 2.24 bits per heavy atom. The Labute approximate surface area is 106 Å². The molecule has 0 fully saturated rings. The van der Waals surface area contributed by atoms with E-state index in [0.29, 0.717) is 15.6 Å². The summed E-state index contributed by atoms with van der Waals surface area (Å²) >= 11 is 3.24. The first-order valence-corrected chi connectivity index (χ1v) is 6.09. The molecule has 0 heterocycles. The summed E-state index contributed by atoms with van der Waals surface area (Å²) in [4.78, 5) is 0. The first kappa shape index (κ1) is 10.9. The Morgan fingerprint density at radius 1 is 0.941 bits per heavy atom. The molecule has 0 amide bonds. The third-order valence-corrected chi connectivity index (χ3v) is 3.62. The van der Waals surface area contributed by atoms with Crippen LogP contribution >= 0.6 is 15.9 Å². The predicted octanol–water partition coefficient (Wildman–Crippen LogP) is 4.88. The third-order valence-electron chi connectivity index (χ3n) is 3.12. The van der Waals surface area contributed by atoms with E-state index in [2.05, 4.69) is 15.9 Å². The van der Waals surface area contributed by atoms with Crippen molar-refractivity contribution in [2.75, 3.05) is 0 Å². The van der Waals surface area contributed by atoms with E-state index < -0.39 is 5.92 Å². The maximum absolute atomic E-state index is 14.3. The summed E-state index contributed by atoms with van der Waals surface area (Å²) in [6.07, 6.45) is 0. The number of halogens is 3. The smallest absolute Gasteiger partial charge is 0.196 e. The van der Waals surface area contributed by atoms with Crippen LogP contribution in [0.2, 0.25) is 0 Å². The molecule has 0 unspecified atom stereocenters. The van der Waals surface area contributed by atoms with E-state index in [9.17, 15) is 8.78 Å². The molecule has 0 bridgehead atoms. The van der Waals surface area contributed by atoms with Crippen LogP contribution in [0.5, 0.6) is 0 Å². The Morgan fingerprint density at radius 2 is 1.53 bits per heavy atom. The molecule has 0 atom stereocenters. The normalized spacial score (nSPS) is 15.5. The number of benzene rings is 2. The van der Waals surface area contributed by atoms with E-state index in [1.165, 1.54) is 6.07 Å². The highest BCUT2D eigenvalue weighted by Crippen LogP contribution is 2.51. The lowest BCUT2D eigenvalue weighted by molar-refractivity contribution is 0.0479. The molecule has 0 saturated heterocycles. The molecule has 0 radical (unpaired) electrons. The topological polar surface area (TPSA) is 0 Å². The molecule has 17 heavy (non-hydrogen) atoms. The molecule has 1 aliphatic rings. The van der Waals surface area contributed by atoms with Crippen LogP contribution in [0.25, 0.3) is 11.1 Å². The molecular weight excluding hydrogens is 286 g/mol. The van der Waals surface area contributed by atoms with Crippen LogP contribution in [-0.2, 0) is 5.92 Å². The number of aryl methyl sites for hydroxylation is 1. The van der Waals surface area contributed by atoms with Gasteiger partial charge in [-0.3, -0.25) is 0 Å². The largest absolute Gasteiger partial charge is 0.299 e. The quantitative estimate of drug-likeness (QED) is 0.650. The summed E-state index contributed by atoms with van der Waals surface area (Å²) in [5.74, 6) is -2.89. The summed E-state index contributed by atoms with van der Waals surface area (Å²) < 4.78 is 29.2. The molecule has 0 aromatic heterocycles. The van der Waals surface area contributed by atoms with E-state index in [0.717, 1.165) is 5.56 Å². The van der Waals surface area contributed by atoms with Crippen LogP contribution in [0.3, 0.4) is 0 Å². The Balaban J connectivity index is 2.37. The van der Waals surface area contributed by atoms with Gasteiger partial charge < -0.3 is 0 Å². The number of rotatable bonds is 0. The molecule has 3 rings (SSSR count). The van der Waals surface area contributed by atoms with Crippen molar-refractivity contribution in [3.8, 4) is 11.1 Å². The number of fused-ring (bicyclic) bond motifs is 3. The zero-order chi connectivity index (χ0) is 12.2. The average molecular weight is 295 g/mol. The van der Waals surface area contributed by atoms with Gasteiger partial charge in [0, 0.05) is 15.6 Å². The lowest BCUT2D eigenvalue weighted by Crippen LogP contribution is -2.11. The lowest BCUT2D eigenvalue weighted by atomic mass is 10.0. The van der Waals surface area contributed by atoms with Crippen molar-refractivity contribution in [3.63, 3.8) is 0 Å². The van der Waals surface area contributed by atoms with E-state index in [1.807, 2.05) is 13.0 Å². The van der Waals surface area contributed by atoms with Gasteiger partial charge in [0.1, 0.15) is 0 Å². The summed E-state index contributed by atoms with van der Waals surface area (Å²) in [5, 5.41) is 0. The SMILES string of the molecule is Cc1ccc2c(c1)C(F)(F)c1cc(Br)ccc1-2. The average Bonchev–Trinajstić information content (AvgIpc) is 2.49. The maximum atomic E-state index is 14.3. The lowest BCUT2D eigenvalue weighted by Gasteiger charge is -2.12. The second-order valence-electron chi connectivity index (χ2n) is 4.31. The van der Waals surface area contributed by atoms with Gasteiger partial charge in [0.05, 0.1) is 0 Å². The molecule has 0 saturated carbocycles. The van der Waals surface area contributed by atoms with Gasteiger partial charge in [-0.25, -0.2) is 0 Å². The van der Waals surface area contributed by atoms with Gasteiger partial charge in [-0.1, -0.05) is 39.7 Å². The minimum Gasteiger partial charge on any atom is -0.196 e. The van der Waals surface area contributed by atoms with E-state index in [1.54, 1.807) is 24.3 Å². The van der Waals surface area contributed by atoms with E-state index >= 15 is 0 Å². The molecule has 86 valence electrons. The van der Waals surface area contributed by atoms with Crippen molar-refractivity contribution in [1.29, 1.82) is 0 Å². The van der Waals surface area contributed by atoms with Gasteiger partial charge in [0.15, 0.2) is 0 Å². The van der Waals surface area contributed by atoms with Crippen molar-refractivity contribution in [3.05, 3.63) is 57.6 Å². The van der Waals surface area contributed by atoms with Gasteiger partial charge in [-0.05, 0) is 36.2 Å². The minimum atomic E-state index is -2.89. The number of hydrogen-bond donors (Lipinski definition) is 0. The monoisotopic (exact) mass is 294 g/mol. The standard InChI is InChI=1S/C14H9BrF2/c1-8-2-4-10-11-5-3-9(15)7-13(11)14(16,17)12(10)6-8/h2-7H,1H3. The second-order valence-corrected chi connectivity index (χ2v) is 5.23. The molecule has 0 N–H and O–H groups in total. The van der Waals surface area contributed by atoms with E-state index in [4.69, 9.17) is 0 Å². The Bertz CT molecular complexity index is 564. The van der Waals surface area contributed by atoms with Gasteiger partial charge in [-0.2, -0.15) is 8.78 Å². The zero-order valence-corrected chi connectivity index (χ0v) is 10.7. The molecule has 0 nitrogen and oxygen atoms in total. The van der Waals surface area contributed by atoms with Crippen LogP contribution in [-0.4, -0.2) is 0 Å². The molecule has 0 aliphatic heterocycles. The van der Waals surface area contributed by atoms with E-state index in [-0.39, 0.29) is 11.1 Å². The molecule has 2 aromatic rings. The number of hydrogen-bond acceptors (Lipinski definition) is 0. The van der Waals surface area contributed by atoms with Gasteiger partial charge in [-0.15, -0.1) is 0 Å². The molecular formula is C14H9BrF2. The highest BCUT2D eigenvalue weighted by molar-refractivity contribution is 9.10. The van der Waals surface area contributed by atoms with Crippen LogP contribution < -0.4 is 0 Å². The molecule has 2 aromatic carbocycles. The predicted molar refractivity (Wildman–Crippen MR) is 67.3 cm³/mol. The summed E-state index contributed by atoms with van der Waals surface area (Å²) in [7, 11) is 0. The highest BCUT2D eigenvalue weighted by atomic mass is 79.9. The first-order chi connectivity index (χ1) is 8.00. The van der Waals surface area contributed by atoms with Crippen molar-refractivity contribution in [2.45, 2.75) is 12.8 Å². The fourth-order valence-electron chi connectivity index (χ4n) is 2.31.